The van der Waals surface area contributed by atoms with Gasteiger partial charge >= 0.3 is 0 Å². The van der Waals surface area contributed by atoms with Crippen LogP contribution in [0.15, 0.2) is 36.7 Å². The molecule has 3 nitrogen and oxygen atoms in total. The first-order chi connectivity index (χ1) is 10.2. The molecule has 0 aliphatic carbocycles. The molecule has 0 saturated heterocycles. The van der Waals surface area contributed by atoms with Crippen LogP contribution < -0.4 is 5.32 Å². The van der Waals surface area contributed by atoms with Gasteiger partial charge in [-0.05, 0) is 61.5 Å². The summed E-state index contributed by atoms with van der Waals surface area (Å²) in [5.41, 5.74) is 2.34. The first-order valence-electron chi connectivity index (χ1n) is 7.60. The molecule has 21 heavy (non-hydrogen) atoms. The number of nitrogens with zero attached hydrogens (tertiary/aromatic N) is 2. The first-order valence-corrected chi connectivity index (χ1v) is 7.60. The summed E-state index contributed by atoms with van der Waals surface area (Å²) in [5, 5.41) is 7.61. The zero-order chi connectivity index (χ0) is 15.1. The van der Waals surface area contributed by atoms with Crippen molar-refractivity contribution < 1.29 is 4.39 Å². The van der Waals surface area contributed by atoms with E-state index in [2.05, 4.69) is 23.5 Å². The Hall–Kier alpha value is -1.68. The second-order valence-electron chi connectivity index (χ2n) is 5.57. The molecule has 0 bridgehead atoms. The number of hydrogen-bond donors (Lipinski definition) is 1. The van der Waals surface area contributed by atoms with Crippen LogP contribution in [0.4, 0.5) is 4.39 Å². The van der Waals surface area contributed by atoms with Gasteiger partial charge < -0.3 is 5.32 Å². The third kappa shape index (κ3) is 5.31. The van der Waals surface area contributed by atoms with Gasteiger partial charge in [-0.3, -0.25) is 4.68 Å². The number of nitrogens with one attached hydrogen (secondary N) is 1. The van der Waals surface area contributed by atoms with Gasteiger partial charge in [0.15, 0.2) is 0 Å². The minimum absolute atomic E-state index is 0.151. The van der Waals surface area contributed by atoms with E-state index in [-0.39, 0.29) is 5.82 Å². The van der Waals surface area contributed by atoms with E-state index < -0.39 is 0 Å². The molecule has 0 amide bonds. The maximum Gasteiger partial charge on any atom is 0.123 e. The van der Waals surface area contributed by atoms with Crippen molar-refractivity contribution in [2.45, 2.75) is 26.2 Å². The van der Waals surface area contributed by atoms with Gasteiger partial charge in [-0.25, -0.2) is 4.39 Å². The fourth-order valence-electron chi connectivity index (χ4n) is 2.59. The third-order valence-electron chi connectivity index (χ3n) is 3.70. The summed E-state index contributed by atoms with van der Waals surface area (Å²) >= 11 is 0. The maximum absolute atomic E-state index is 13.3. The summed E-state index contributed by atoms with van der Waals surface area (Å²) in [6.45, 7) is 4.04. The van der Waals surface area contributed by atoms with Gasteiger partial charge in [0.25, 0.3) is 0 Å². The Bertz CT molecular complexity index is 550. The highest BCUT2D eigenvalue weighted by Crippen LogP contribution is 2.16. The predicted molar refractivity (Wildman–Crippen MR) is 83.7 cm³/mol. The topological polar surface area (TPSA) is 29.9 Å². The monoisotopic (exact) mass is 289 g/mol. The second kappa shape index (κ2) is 7.93. The van der Waals surface area contributed by atoms with Crippen LogP contribution in [-0.2, 0) is 19.9 Å². The van der Waals surface area contributed by atoms with Crippen molar-refractivity contribution in [3.05, 3.63) is 53.6 Å². The zero-order valence-electron chi connectivity index (χ0n) is 12.8. The van der Waals surface area contributed by atoms with E-state index >= 15 is 0 Å². The van der Waals surface area contributed by atoms with Crippen LogP contribution in [0.2, 0.25) is 0 Å². The van der Waals surface area contributed by atoms with E-state index in [1.807, 2.05) is 24.0 Å². The van der Waals surface area contributed by atoms with Crippen molar-refractivity contribution in [3.8, 4) is 0 Å². The van der Waals surface area contributed by atoms with Crippen LogP contribution in [0.3, 0.4) is 0 Å². The predicted octanol–water partition coefficient (Wildman–Crippen LogP) is 2.96. The molecule has 1 N–H and O–H groups in total. The number of halogens is 1. The van der Waals surface area contributed by atoms with Gasteiger partial charge in [-0.15, -0.1) is 0 Å². The quantitative estimate of drug-likeness (QED) is 0.809. The van der Waals surface area contributed by atoms with Gasteiger partial charge in [0.05, 0.1) is 6.20 Å². The summed E-state index contributed by atoms with van der Waals surface area (Å²) in [6, 6.07) is 6.93. The van der Waals surface area contributed by atoms with Crippen LogP contribution in [0.1, 0.15) is 24.5 Å². The van der Waals surface area contributed by atoms with E-state index in [1.165, 1.54) is 11.6 Å². The first kappa shape index (κ1) is 15.7. The summed E-state index contributed by atoms with van der Waals surface area (Å²) in [5.74, 6) is 0.355. The lowest BCUT2D eigenvalue weighted by Crippen LogP contribution is -2.24. The minimum atomic E-state index is -0.151. The highest BCUT2D eigenvalue weighted by atomic mass is 19.1. The lowest BCUT2D eigenvalue weighted by Gasteiger charge is -2.17. The molecule has 0 aliphatic heterocycles. The number of aryl methyl sites for hydroxylation is 2. The Morgan fingerprint density at radius 3 is 2.86 bits per heavy atom. The van der Waals surface area contributed by atoms with Crippen molar-refractivity contribution in [2.24, 2.45) is 13.0 Å². The van der Waals surface area contributed by atoms with Crippen LogP contribution >= 0.6 is 0 Å². The van der Waals surface area contributed by atoms with Crippen molar-refractivity contribution in [3.63, 3.8) is 0 Å². The van der Waals surface area contributed by atoms with Crippen LogP contribution in [-0.4, -0.2) is 22.9 Å². The molecule has 4 heteroatoms. The van der Waals surface area contributed by atoms with E-state index in [0.29, 0.717) is 5.92 Å². The summed E-state index contributed by atoms with van der Waals surface area (Å²) < 4.78 is 15.1. The van der Waals surface area contributed by atoms with Gasteiger partial charge in [0.2, 0.25) is 0 Å². The molecule has 1 aromatic carbocycles. The molecule has 0 radical (unpaired) electrons. The molecule has 1 atom stereocenters. The normalized spacial score (nSPS) is 12.5. The molecule has 0 spiro atoms. The van der Waals surface area contributed by atoms with Crippen LogP contribution in [0.25, 0.3) is 0 Å². The summed E-state index contributed by atoms with van der Waals surface area (Å²) in [4.78, 5) is 0. The average molecular weight is 289 g/mol. The highest BCUT2D eigenvalue weighted by molar-refractivity contribution is 5.17. The van der Waals surface area contributed by atoms with Gasteiger partial charge in [-0.1, -0.05) is 19.1 Å². The molecule has 2 rings (SSSR count). The van der Waals surface area contributed by atoms with E-state index in [4.69, 9.17) is 0 Å². The number of aromatic nitrogens is 2. The highest BCUT2D eigenvalue weighted by Gasteiger charge is 2.11. The molecular weight excluding hydrogens is 265 g/mol. The Morgan fingerprint density at radius 2 is 2.19 bits per heavy atom. The molecule has 2 aromatic rings. The van der Waals surface area contributed by atoms with Crippen molar-refractivity contribution in [2.75, 3.05) is 13.1 Å². The standard InChI is InChI=1S/C17H24FN3/c1-3-19-11-15(7-8-16-12-20-21(2)13-16)9-14-5-4-6-17(18)10-14/h4-6,10,12-13,15,19H,3,7-9,11H2,1-2H3. The molecule has 114 valence electrons. The van der Waals surface area contributed by atoms with Gasteiger partial charge in [0, 0.05) is 13.2 Å². The molecule has 1 aromatic heterocycles. The Kier molecular flexibility index (Phi) is 5.93. The third-order valence-corrected chi connectivity index (χ3v) is 3.70. The number of benzene rings is 1. The molecule has 0 saturated carbocycles. The fraction of sp³-hybridized carbons (Fsp3) is 0.471. The molecule has 0 fully saturated rings. The second-order valence-corrected chi connectivity index (χ2v) is 5.57. The molecule has 1 heterocycles. The van der Waals surface area contributed by atoms with Crippen LogP contribution in [0.5, 0.6) is 0 Å². The Balaban J connectivity index is 1.93. The SMILES string of the molecule is CCNCC(CCc1cnn(C)c1)Cc1cccc(F)c1. The van der Waals surface area contributed by atoms with Gasteiger partial charge in [0.1, 0.15) is 5.82 Å². The average Bonchev–Trinajstić information content (AvgIpc) is 2.87. The Morgan fingerprint density at radius 1 is 1.33 bits per heavy atom. The Labute approximate surface area is 126 Å². The van der Waals surface area contributed by atoms with Crippen molar-refractivity contribution in [1.29, 1.82) is 0 Å². The number of hydrogen-bond acceptors (Lipinski definition) is 2. The maximum atomic E-state index is 13.3. The lowest BCUT2D eigenvalue weighted by atomic mass is 9.93. The van der Waals surface area contributed by atoms with E-state index in [9.17, 15) is 4.39 Å². The fourth-order valence-corrected chi connectivity index (χ4v) is 2.59. The number of rotatable bonds is 8. The zero-order valence-corrected chi connectivity index (χ0v) is 12.8. The van der Waals surface area contributed by atoms with E-state index in [1.54, 1.807) is 12.1 Å². The van der Waals surface area contributed by atoms with Crippen molar-refractivity contribution in [1.82, 2.24) is 15.1 Å². The van der Waals surface area contributed by atoms with Crippen LogP contribution in [0, 0.1) is 11.7 Å². The summed E-state index contributed by atoms with van der Waals surface area (Å²) in [7, 11) is 1.94. The summed E-state index contributed by atoms with van der Waals surface area (Å²) in [6.07, 6.45) is 6.98. The molecular formula is C17H24FN3. The lowest BCUT2D eigenvalue weighted by molar-refractivity contribution is 0.448. The smallest absolute Gasteiger partial charge is 0.123 e. The largest absolute Gasteiger partial charge is 0.317 e. The molecule has 1 unspecified atom stereocenters. The van der Waals surface area contributed by atoms with E-state index in [0.717, 1.165) is 37.9 Å². The van der Waals surface area contributed by atoms with Gasteiger partial charge in [-0.2, -0.15) is 5.10 Å². The van der Waals surface area contributed by atoms with Crippen molar-refractivity contribution >= 4 is 0 Å². The minimum Gasteiger partial charge on any atom is -0.317 e. The molecule has 0 aliphatic rings.